The minimum absolute atomic E-state index is 0.0461. The number of nitrogens with zero attached hydrogens (tertiary/aromatic N) is 4. The highest BCUT2D eigenvalue weighted by Gasteiger charge is 2.25. The SMILES string of the molecule is CC(C)NC(=O)c1nnc(-c2cc3c(cc2O)NCCC3)n1-c1ccc(CN2CCOCC2)cc1. The zero-order chi connectivity index (χ0) is 24.4. The molecule has 1 amide bonds. The van der Waals surface area contributed by atoms with Crippen LogP contribution in [0.3, 0.4) is 0 Å². The van der Waals surface area contributed by atoms with Crippen LogP contribution in [-0.4, -0.2) is 69.6 Å². The number of anilines is 1. The van der Waals surface area contributed by atoms with E-state index in [-0.39, 0.29) is 23.5 Å². The second-order valence-electron chi connectivity index (χ2n) is 9.42. The largest absolute Gasteiger partial charge is 0.507 e. The van der Waals surface area contributed by atoms with Crippen molar-refractivity contribution in [1.82, 2.24) is 25.0 Å². The van der Waals surface area contributed by atoms with Crippen molar-refractivity contribution in [1.29, 1.82) is 0 Å². The van der Waals surface area contributed by atoms with Crippen LogP contribution in [0.2, 0.25) is 0 Å². The molecule has 5 rings (SSSR count). The van der Waals surface area contributed by atoms with E-state index in [1.54, 1.807) is 10.6 Å². The molecule has 0 spiro atoms. The number of ether oxygens (including phenoxy) is 1. The topological polar surface area (TPSA) is 105 Å². The van der Waals surface area contributed by atoms with E-state index in [2.05, 4.69) is 37.9 Å². The maximum Gasteiger partial charge on any atom is 0.289 e. The van der Waals surface area contributed by atoms with Gasteiger partial charge in [-0.25, -0.2) is 0 Å². The number of phenols is 1. The maximum absolute atomic E-state index is 13.0. The summed E-state index contributed by atoms with van der Waals surface area (Å²) in [5.41, 5.74) is 4.56. The van der Waals surface area contributed by atoms with Crippen molar-refractivity contribution in [3.05, 3.63) is 53.3 Å². The Bertz CT molecular complexity index is 1200. The molecule has 0 aliphatic carbocycles. The lowest BCUT2D eigenvalue weighted by atomic mass is 9.99. The van der Waals surface area contributed by atoms with Crippen LogP contribution in [0.15, 0.2) is 36.4 Å². The number of rotatable bonds is 6. The molecule has 2 aromatic carbocycles. The highest BCUT2D eigenvalue weighted by molar-refractivity contribution is 5.92. The monoisotopic (exact) mass is 476 g/mol. The highest BCUT2D eigenvalue weighted by Crippen LogP contribution is 2.36. The zero-order valence-corrected chi connectivity index (χ0v) is 20.3. The van der Waals surface area contributed by atoms with Crippen molar-refractivity contribution in [2.24, 2.45) is 0 Å². The Morgan fingerprint density at radius 2 is 1.94 bits per heavy atom. The fourth-order valence-corrected chi connectivity index (χ4v) is 4.63. The first kappa shape index (κ1) is 23.3. The molecule has 2 aliphatic heterocycles. The number of benzene rings is 2. The van der Waals surface area contributed by atoms with Gasteiger partial charge in [-0.15, -0.1) is 10.2 Å². The molecule has 3 N–H and O–H groups in total. The minimum atomic E-state index is -0.310. The Labute approximate surface area is 205 Å². The van der Waals surface area contributed by atoms with Gasteiger partial charge in [-0.05, 0) is 56.0 Å². The lowest BCUT2D eigenvalue weighted by molar-refractivity contribution is 0.0342. The summed E-state index contributed by atoms with van der Waals surface area (Å²) in [7, 11) is 0. The Morgan fingerprint density at radius 3 is 2.69 bits per heavy atom. The minimum Gasteiger partial charge on any atom is -0.507 e. The van der Waals surface area contributed by atoms with Gasteiger partial charge in [0.25, 0.3) is 5.91 Å². The van der Waals surface area contributed by atoms with Gasteiger partial charge in [0.2, 0.25) is 5.82 Å². The Morgan fingerprint density at radius 1 is 1.17 bits per heavy atom. The molecule has 9 nitrogen and oxygen atoms in total. The molecule has 0 bridgehead atoms. The predicted molar refractivity (Wildman–Crippen MR) is 134 cm³/mol. The summed E-state index contributed by atoms with van der Waals surface area (Å²) in [5, 5.41) is 25.7. The number of morpholine rings is 1. The quantitative estimate of drug-likeness (QED) is 0.502. The molecule has 184 valence electrons. The fraction of sp³-hybridized carbons (Fsp3) is 0.423. The molecule has 35 heavy (non-hydrogen) atoms. The van der Waals surface area contributed by atoms with Crippen molar-refractivity contribution in [3.63, 3.8) is 0 Å². The van der Waals surface area contributed by atoms with Crippen LogP contribution in [0.4, 0.5) is 5.69 Å². The number of amides is 1. The van der Waals surface area contributed by atoms with Crippen molar-refractivity contribution < 1.29 is 14.6 Å². The summed E-state index contributed by atoms with van der Waals surface area (Å²) in [5.74, 6) is 0.414. The summed E-state index contributed by atoms with van der Waals surface area (Å²) in [6.07, 6.45) is 1.94. The molecular weight excluding hydrogens is 444 g/mol. The van der Waals surface area contributed by atoms with Crippen LogP contribution >= 0.6 is 0 Å². The molecule has 1 saturated heterocycles. The van der Waals surface area contributed by atoms with Gasteiger partial charge in [-0.1, -0.05) is 12.1 Å². The molecule has 3 aromatic rings. The fourth-order valence-electron chi connectivity index (χ4n) is 4.63. The van der Waals surface area contributed by atoms with Gasteiger partial charge in [-0.2, -0.15) is 0 Å². The highest BCUT2D eigenvalue weighted by atomic mass is 16.5. The number of nitrogens with one attached hydrogen (secondary N) is 2. The number of aryl methyl sites for hydroxylation is 1. The van der Waals surface area contributed by atoms with E-state index in [0.717, 1.165) is 69.2 Å². The van der Waals surface area contributed by atoms with Crippen molar-refractivity contribution >= 4 is 11.6 Å². The van der Waals surface area contributed by atoms with Gasteiger partial charge in [0.05, 0.1) is 18.8 Å². The van der Waals surface area contributed by atoms with Crippen LogP contribution in [0.1, 0.15) is 42.0 Å². The third-order valence-corrected chi connectivity index (χ3v) is 6.39. The third-order valence-electron chi connectivity index (χ3n) is 6.39. The van der Waals surface area contributed by atoms with Crippen LogP contribution in [0.5, 0.6) is 5.75 Å². The maximum atomic E-state index is 13.0. The smallest absolute Gasteiger partial charge is 0.289 e. The molecule has 0 saturated carbocycles. The van der Waals surface area contributed by atoms with Crippen molar-refractivity contribution in [2.45, 2.75) is 39.3 Å². The number of hydrogen-bond acceptors (Lipinski definition) is 7. The number of aromatic nitrogens is 3. The van der Waals surface area contributed by atoms with Crippen LogP contribution < -0.4 is 10.6 Å². The van der Waals surface area contributed by atoms with Crippen molar-refractivity contribution in [2.75, 3.05) is 38.2 Å². The molecule has 3 heterocycles. The van der Waals surface area contributed by atoms with Crippen LogP contribution in [0.25, 0.3) is 17.1 Å². The molecule has 0 radical (unpaired) electrons. The number of aromatic hydroxyl groups is 1. The van der Waals surface area contributed by atoms with E-state index in [0.29, 0.717) is 11.4 Å². The van der Waals surface area contributed by atoms with E-state index in [9.17, 15) is 9.90 Å². The van der Waals surface area contributed by atoms with Gasteiger partial charge in [0.1, 0.15) is 5.75 Å². The summed E-state index contributed by atoms with van der Waals surface area (Å²) >= 11 is 0. The Kier molecular flexibility index (Phi) is 6.70. The molecule has 1 aromatic heterocycles. The molecular formula is C26H32N6O3. The summed E-state index contributed by atoms with van der Waals surface area (Å²) in [6, 6.07) is 11.7. The normalized spacial score (nSPS) is 16.1. The third kappa shape index (κ3) is 5.01. The van der Waals surface area contributed by atoms with E-state index in [1.165, 1.54) is 5.56 Å². The van der Waals surface area contributed by atoms with Crippen molar-refractivity contribution in [3.8, 4) is 22.8 Å². The lowest BCUT2D eigenvalue weighted by Crippen LogP contribution is -2.35. The Balaban J connectivity index is 1.53. The van der Waals surface area contributed by atoms with Gasteiger partial charge in [-0.3, -0.25) is 14.3 Å². The average Bonchev–Trinajstić information content (AvgIpc) is 3.29. The number of carbonyl (C=O) groups is 1. The summed E-state index contributed by atoms with van der Waals surface area (Å²) in [6.45, 7) is 8.90. The number of fused-ring (bicyclic) bond motifs is 1. The van der Waals surface area contributed by atoms with Gasteiger partial charge in [0, 0.05) is 49.7 Å². The average molecular weight is 477 g/mol. The van der Waals surface area contributed by atoms with Gasteiger partial charge < -0.3 is 20.5 Å². The van der Waals surface area contributed by atoms with E-state index >= 15 is 0 Å². The first-order chi connectivity index (χ1) is 17.0. The molecule has 0 unspecified atom stereocenters. The van der Waals surface area contributed by atoms with Crippen LogP contribution in [0, 0.1) is 0 Å². The first-order valence-corrected chi connectivity index (χ1v) is 12.3. The van der Waals surface area contributed by atoms with Crippen LogP contribution in [-0.2, 0) is 17.7 Å². The van der Waals surface area contributed by atoms with Gasteiger partial charge >= 0.3 is 0 Å². The summed E-state index contributed by atoms with van der Waals surface area (Å²) < 4.78 is 7.18. The Hall–Kier alpha value is -3.43. The second kappa shape index (κ2) is 10.1. The number of hydrogen-bond donors (Lipinski definition) is 3. The molecule has 2 aliphatic rings. The number of phenolic OH excluding ortho intramolecular Hbond substituents is 1. The second-order valence-corrected chi connectivity index (χ2v) is 9.42. The standard InChI is InChI=1S/C26H32N6O3/c1-17(2)28-26(34)25-30-29-24(21-14-19-4-3-9-27-22(19)15-23(21)33)32(25)20-7-5-18(6-8-20)16-31-10-12-35-13-11-31/h5-8,14-15,17,27,33H,3-4,9-13,16H2,1-2H3,(H,28,34). The molecule has 0 atom stereocenters. The lowest BCUT2D eigenvalue weighted by Gasteiger charge is -2.26. The van der Waals surface area contributed by atoms with E-state index in [4.69, 9.17) is 4.74 Å². The van der Waals surface area contributed by atoms with E-state index < -0.39 is 0 Å². The number of carbonyl (C=O) groups excluding carboxylic acids is 1. The van der Waals surface area contributed by atoms with Gasteiger partial charge in [0.15, 0.2) is 5.82 Å². The molecule has 9 heteroatoms. The van der Waals surface area contributed by atoms with E-state index in [1.807, 2.05) is 32.0 Å². The summed E-state index contributed by atoms with van der Waals surface area (Å²) in [4.78, 5) is 15.4. The zero-order valence-electron chi connectivity index (χ0n) is 20.3. The first-order valence-electron chi connectivity index (χ1n) is 12.3. The predicted octanol–water partition coefficient (Wildman–Crippen LogP) is 2.97. The molecule has 1 fully saturated rings.